The molecule has 0 fully saturated rings. The number of nitrogens with zero attached hydrogens (tertiary/aromatic N) is 5. The first kappa shape index (κ1) is 14.2. The number of imidazole rings is 1. The zero-order valence-electron chi connectivity index (χ0n) is 11.8. The van der Waals surface area contributed by atoms with Gasteiger partial charge in [0.2, 0.25) is 11.9 Å². The van der Waals surface area contributed by atoms with Gasteiger partial charge in [0.25, 0.3) is 0 Å². The van der Waals surface area contributed by atoms with Crippen LogP contribution in [-0.4, -0.2) is 43.8 Å². The Bertz CT molecular complexity index is 555. The Kier molecular flexibility index (Phi) is 4.14. The van der Waals surface area contributed by atoms with E-state index >= 15 is 0 Å². The van der Waals surface area contributed by atoms with Crippen LogP contribution >= 0.6 is 0 Å². The topological polar surface area (TPSA) is 101 Å². The molecule has 2 rings (SSSR count). The summed E-state index contributed by atoms with van der Waals surface area (Å²) in [6.07, 6.45) is 5.62. The van der Waals surface area contributed by atoms with Crippen molar-refractivity contribution in [3.8, 4) is 12.0 Å². The van der Waals surface area contributed by atoms with Crippen molar-refractivity contribution in [2.45, 2.75) is 25.9 Å². The minimum atomic E-state index is -0.258. The largest absolute Gasteiger partial charge is 0.463 e. The number of hydrogen-bond donors (Lipinski definition) is 1. The van der Waals surface area contributed by atoms with E-state index in [2.05, 4.69) is 19.9 Å². The van der Waals surface area contributed by atoms with E-state index in [-0.39, 0.29) is 17.6 Å². The number of rotatable bonds is 6. The summed E-state index contributed by atoms with van der Waals surface area (Å²) in [5.74, 6) is 0.473. The van der Waals surface area contributed by atoms with Crippen molar-refractivity contribution in [1.82, 2.24) is 24.5 Å². The van der Waals surface area contributed by atoms with E-state index in [0.29, 0.717) is 19.0 Å². The molecule has 20 heavy (non-hydrogen) atoms. The van der Waals surface area contributed by atoms with E-state index in [1.807, 2.05) is 13.8 Å². The average Bonchev–Trinajstić information content (AvgIpc) is 2.92. The highest BCUT2D eigenvalue weighted by atomic mass is 16.5. The van der Waals surface area contributed by atoms with Crippen LogP contribution in [0.2, 0.25) is 0 Å². The minimum absolute atomic E-state index is 0.102. The number of methoxy groups -OCH3 is 1. The highest BCUT2D eigenvalue weighted by Gasteiger charge is 2.16. The molecule has 2 aromatic heterocycles. The average molecular weight is 278 g/mol. The van der Waals surface area contributed by atoms with Crippen LogP contribution in [-0.2, 0) is 4.74 Å². The Morgan fingerprint density at radius 1 is 1.30 bits per heavy atom. The summed E-state index contributed by atoms with van der Waals surface area (Å²) < 4.78 is 12.4. The van der Waals surface area contributed by atoms with E-state index in [0.717, 1.165) is 0 Å². The normalized spacial score (nSPS) is 11.6. The molecule has 0 amide bonds. The van der Waals surface area contributed by atoms with Gasteiger partial charge in [0, 0.05) is 25.9 Å². The molecule has 0 aliphatic carbocycles. The zero-order valence-corrected chi connectivity index (χ0v) is 11.8. The predicted molar refractivity (Wildman–Crippen MR) is 72.6 cm³/mol. The quantitative estimate of drug-likeness (QED) is 0.835. The van der Waals surface area contributed by atoms with Crippen LogP contribution in [0.1, 0.15) is 20.3 Å². The van der Waals surface area contributed by atoms with E-state index in [4.69, 9.17) is 15.2 Å². The number of aromatic nitrogens is 5. The zero-order chi connectivity index (χ0) is 14.6. The van der Waals surface area contributed by atoms with Gasteiger partial charge in [-0.3, -0.25) is 4.57 Å². The second kappa shape index (κ2) is 5.83. The van der Waals surface area contributed by atoms with Gasteiger partial charge in [-0.2, -0.15) is 15.0 Å². The third kappa shape index (κ3) is 3.64. The van der Waals surface area contributed by atoms with Gasteiger partial charge in [-0.05, 0) is 13.8 Å². The second-order valence-corrected chi connectivity index (χ2v) is 4.81. The van der Waals surface area contributed by atoms with Crippen LogP contribution in [0.4, 0.5) is 5.95 Å². The molecule has 108 valence electrons. The van der Waals surface area contributed by atoms with Gasteiger partial charge in [0.1, 0.15) is 6.33 Å². The molecule has 0 aliphatic heterocycles. The maximum Gasteiger partial charge on any atom is 0.323 e. The number of anilines is 1. The highest BCUT2D eigenvalue weighted by molar-refractivity contribution is 5.24. The van der Waals surface area contributed by atoms with Gasteiger partial charge < -0.3 is 15.2 Å². The SMILES string of the molecule is COC(C)(C)CCOc1nc(N)nc(-n2ccnc2)n1. The maximum absolute atomic E-state index is 5.65. The molecule has 0 aliphatic rings. The summed E-state index contributed by atoms with van der Waals surface area (Å²) in [6.45, 7) is 4.39. The third-order valence-electron chi connectivity index (χ3n) is 2.84. The van der Waals surface area contributed by atoms with Crippen LogP contribution in [0.15, 0.2) is 18.7 Å². The lowest BCUT2D eigenvalue weighted by atomic mass is 10.1. The van der Waals surface area contributed by atoms with Crippen molar-refractivity contribution in [2.24, 2.45) is 0 Å². The minimum Gasteiger partial charge on any atom is -0.463 e. The van der Waals surface area contributed by atoms with Crippen LogP contribution in [0, 0.1) is 0 Å². The fourth-order valence-corrected chi connectivity index (χ4v) is 1.41. The van der Waals surface area contributed by atoms with Gasteiger partial charge in [0.15, 0.2) is 0 Å². The molecule has 2 aromatic rings. The standard InChI is InChI=1S/C12H18N6O2/c1-12(2,19-3)4-7-20-11-16-9(13)15-10(17-11)18-6-5-14-8-18/h5-6,8H,4,7H2,1-3H3,(H2,13,15,16,17). The van der Waals surface area contributed by atoms with Gasteiger partial charge in [0.05, 0.1) is 12.2 Å². The van der Waals surface area contributed by atoms with Crippen molar-refractivity contribution >= 4 is 5.95 Å². The van der Waals surface area contributed by atoms with E-state index in [1.54, 1.807) is 30.4 Å². The smallest absolute Gasteiger partial charge is 0.323 e. The number of ether oxygens (including phenoxy) is 2. The first-order chi connectivity index (χ1) is 9.50. The van der Waals surface area contributed by atoms with Crippen molar-refractivity contribution in [3.63, 3.8) is 0 Å². The molecule has 0 atom stereocenters. The van der Waals surface area contributed by atoms with E-state index in [9.17, 15) is 0 Å². The third-order valence-corrected chi connectivity index (χ3v) is 2.84. The highest BCUT2D eigenvalue weighted by Crippen LogP contribution is 2.14. The molecular weight excluding hydrogens is 260 g/mol. The van der Waals surface area contributed by atoms with Crippen molar-refractivity contribution in [2.75, 3.05) is 19.5 Å². The Balaban J connectivity index is 2.05. The Labute approximate surface area is 117 Å². The number of nitrogen functional groups attached to an aromatic ring is 1. The summed E-state index contributed by atoms with van der Waals surface area (Å²) >= 11 is 0. The molecule has 8 nitrogen and oxygen atoms in total. The molecule has 0 aromatic carbocycles. The second-order valence-electron chi connectivity index (χ2n) is 4.81. The van der Waals surface area contributed by atoms with E-state index in [1.165, 1.54) is 0 Å². The summed E-state index contributed by atoms with van der Waals surface area (Å²) in [6, 6.07) is 0.188. The fraction of sp³-hybridized carbons (Fsp3) is 0.500. The maximum atomic E-state index is 5.65. The van der Waals surface area contributed by atoms with Gasteiger partial charge in [-0.1, -0.05) is 0 Å². The Morgan fingerprint density at radius 3 is 2.75 bits per heavy atom. The van der Waals surface area contributed by atoms with Crippen LogP contribution in [0.3, 0.4) is 0 Å². The Hall–Kier alpha value is -2.22. The van der Waals surface area contributed by atoms with Crippen LogP contribution in [0.25, 0.3) is 5.95 Å². The first-order valence-corrected chi connectivity index (χ1v) is 6.18. The number of nitrogens with two attached hydrogens (primary N) is 1. The lowest BCUT2D eigenvalue weighted by Crippen LogP contribution is -2.25. The molecule has 0 saturated carbocycles. The Morgan fingerprint density at radius 2 is 2.10 bits per heavy atom. The van der Waals surface area contributed by atoms with Crippen molar-refractivity contribution in [1.29, 1.82) is 0 Å². The molecule has 2 N–H and O–H groups in total. The van der Waals surface area contributed by atoms with Gasteiger partial charge >= 0.3 is 6.01 Å². The van der Waals surface area contributed by atoms with Gasteiger partial charge in [-0.25, -0.2) is 4.98 Å². The summed E-state index contributed by atoms with van der Waals surface area (Å²) in [4.78, 5) is 16.1. The van der Waals surface area contributed by atoms with E-state index < -0.39 is 0 Å². The molecule has 0 spiro atoms. The molecule has 0 unspecified atom stereocenters. The molecule has 2 heterocycles. The molecule has 0 radical (unpaired) electrons. The van der Waals surface area contributed by atoms with Gasteiger partial charge in [-0.15, -0.1) is 0 Å². The summed E-state index contributed by atoms with van der Waals surface area (Å²) in [5.41, 5.74) is 5.39. The number of hydrogen-bond acceptors (Lipinski definition) is 7. The van der Waals surface area contributed by atoms with Crippen LogP contribution < -0.4 is 10.5 Å². The lowest BCUT2D eigenvalue weighted by molar-refractivity contribution is 0.00467. The van der Waals surface area contributed by atoms with Crippen molar-refractivity contribution in [3.05, 3.63) is 18.7 Å². The van der Waals surface area contributed by atoms with Crippen molar-refractivity contribution < 1.29 is 9.47 Å². The first-order valence-electron chi connectivity index (χ1n) is 6.18. The van der Waals surface area contributed by atoms with Crippen LogP contribution in [0.5, 0.6) is 6.01 Å². The lowest BCUT2D eigenvalue weighted by Gasteiger charge is -2.22. The fourth-order valence-electron chi connectivity index (χ4n) is 1.41. The molecule has 0 saturated heterocycles. The summed E-state index contributed by atoms with van der Waals surface area (Å²) in [7, 11) is 1.66. The predicted octanol–water partition coefficient (Wildman–Crippen LogP) is 0.833. The molecule has 0 bridgehead atoms. The molecular formula is C12H18N6O2. The summed E-state index contributed by atoms with van der Waals surface area (Å²) in [5, 5.41) is 0. The monoisotopic (exact) mass is 278 g/mol. The molecule has 8 heteroatoms.